The molecule has 1 aromatic carbocycles. The summed E-state index contributed by atoms with van der Waals surface area (Å²) in [5, 5.41) is 1.31. The Hall–Kier alpha value is -2.15. The van der Waals surface area contributed by atoms with Crippen LogP contribution in [0.5, 0.6) is 0 Å². The van der Waals surface area contributed by atoms with Gasteiger partial charge in [-0.3, -0.25) is 9.69 Å². The summed E-state index contributed by atoms with van der Waals surface area (Å²) in [6.07, 6.45) is 3.36. The monoisotopic (exact) mass is 398 g/mol. The highest BCUT2D eigenvalue weighted by Crippen LogP contribution is 2.45. The van der Waals surface area contributed by atoms with Crippen LogP contribution in [0, 0.1) is 11.8 Å². The fourth-order valence-corrected chi connectivity index (χ4v) is 5.24. The number of fused-ring (bicyclic) bond motifs is 5. The number of nitrogens with one attached hydrogen (secondary N) is 1. The molecule has 4 rings (SSSR count). The topological polar surface area (TPSA) is 63.8 Å². The van der Waals surface area contributed by atoms with Gasteiger partial charge in [-0.1, -0.05) is 29.8 Å². The van der Waals surface area contributed by atoms with Crippen molar-refractivity contribution in [1.29, 1.82) is 0 Å². The Morgan fingerprint density at radius 1 is 1.24 bits per heavy atom. The molecule has 6 heteroatoms. The van der Waals surface area contributed by atoms with Crippen molar-refractivity contribution in [2.24, 2.45) is 11.8 Å². The molecule has 2 aromatic rings. The third-order valence-corrected chi connectivity index (χ3v) is 6.64. The lowest BCUT2D eigenvalue weighted by Crippen LogP contribution is -2.48. The van der Waals surface area contributed by atoms with Gasteiger partial charge < -0.3 is 19.2 Å². The molecular weight excluding hydrogens is 368 g/mol. The zero-order valence-corrected chi connectivity index (χ0v) is 17.6. The third-order valence-electron chi connectivity index (χ3n) is 6.64. The first-order valence-corrected chi connectivity index (χ1v) is 10.2. The molecule has 0 amide bonds. The number of carbonyl (C=O) groups is 1. The van der Waals surface area contributed by atoms with Gasteiger partial charge in [-0.05, 0) is 31.4 Å². The number of para-hydroxylation sites is 1. The Bertz CT molecular complexity index is 915. The van der Waals surface area contributed by atoms with Gasteiger partial charge in [-0.25, -0.2) is 0 Å². The molecule has 3 atom stereocenters. The van der Waals surface area contributed by atoms with E-state index in [1.165, 1.54) is 34.8 Å². The zero-order chi connectivity index (χ0) is 20.5. The van der Waals surface area contributed by atoms with E-state index in [0.717, 1.165) is 25.9 Å². The normalized spacial score (nSPS) is 24.5. The summed E-state index contributed by atoms with van der Waals surface area (Å²) in [6, 6.07) is 8.74. The summed E-state index contributed by atoms with van der Waals surface area (Å²) in [7, 11) is 4.58. The van der Waals surface area contributed by atoms with Crippen LogP contribution in [0.15, 0.2) is 35.9 Å². The largest absolute Gasteiger partial charge is 0.469 e. The molecule has 1 aromatic heterocycles. The van der Waals surface area contributed by atoms with Crippen LogP contribution >= 0.6 is 0 Å². The third kappa shape index (κ3) is 3.39. The van der Waals surface area contributed by atoms with Crippen molar-refractivity contribution >= 4 is 16.9 Å². The highest BCUT2D eigenvalue weighted by atomic mass is 16.7. The number of ether oxygens (including phenoxy) is 3. The number of H-pyrrole nitrogens is 1. The molecule has 1 unspecified atom stereocenters. The zero-order valence-electron chi connectivity index (χ0n) is 17.6. The molecule has 1 fully saturated rings. The predicted octanol–water partition coefficient (Wildman–Crippen LogP) is 3.44. The van der Waals surface area contributed by atoms with E-state index in [9.17, 15) is 4.79 Å². The summed E-state index contributed by atoms with van der Waals surface area (Å²) in [4.78, 5) is 18.9. The second kappa shape index (κ2) is 8.30. The number of benzene rings is 1. The van der Waals surface area contributed by atoms with Crippen LogP contribution in [0.4, 0.5) is 0 Å². The first-order chi connectivity index (χ1) is 14.1. The van der Waals surface area contributed by atoms with Crippen molar-refractivity contribution in [2.45, 2.75) is 32.1 Å². The average molecular weight is 399 g/mol. The standard InChI is InChI=1S/C23H30N2O4/c1-5-14-13-25-11-10-16-15-8-6-7-9-18(15)24-21(16)19(25)12-17(14)20(22(26)27-2)23(28-3)29-4/h5-9,17,19-20,23-24H,10-13H2,1-4H3/b14-5-/t17-,19+,20?/m0/s1. The Morgan fingerprint density at radius 2 is 2.00 bits per heavy atom. The first-order valence-electron chi connectivity index (χ1n) is 10.2. The number of piperidine rings is 1. The van der Waals surface area contributed by atoms with E-state index < -0.39 is 12.2 Å². The first kappa shape index (κ1) is 20.1. The minimum absolute atomic E-state index is 0.00374. The van der Waals surface area contributed by atoms with Crippen LogP contribution in [0.25, 0.3) is 10.9 Å². The molecule has 0 spiro atoms. The molecule has 3 heterocycles. The predicted molar refractivity (Wildman–Crippen MR) is 111 cm³/mol. The maximum absolute atomic E-state index is 12.7. The molecule has 1 saturated heterocycles. The smallest absolute Gasteiger partial charge is 0.314 e. The van der Waals surface area contributed by atoms with Gasteiger partial charge in [0, 0.05) is 49.8 Å². The van der Waals surface area contributed by atoms with Crippen molar-refractivity contribution in [2.75, 3.05) is 34.4 Å². The van der Waals surface area contributed by atoms with Crippen LogP contribution in [0.2, 0.25) is 0 Å². The SMILES string of the molecule is C/C=C1/CN2CCc3c([nH]c4ccccc34)[C@H]2C[C@@H]1C(C(=O)OC)C(OC)OC. The summed E-state index contributed by atoms with van der Waals surface area (Å²) in [5.41, 5.74) is 5.13. The van der Waals surface area contributed by atoms with E-state index in [1.54, 1.807) is 14.2 Å². The number of aromatic nitrogens is 1. The number of methoxy groups -OCH3 is 3. The van der Waals surface area contributed by atoms with Crippen molar-refractivity contribution in [3.63, 3.8) is 0 Å². The van der Waals surface area contributed by atoms with E-state index in [-0.39, 0.29) is 17.9 Å². The number of carbonyl (C=O) groups excluding carboxylic acids is 1. The second-order valence-corrected chi connectivity index (χ2v) is 7.89. The van der Waals surface area contributed by atoms with Gasteiger partial charge in [0.15, 0.2) is 6.29 Å². The summed E-state index contributed by atoms with van der Waals surface area (Å²) in [6.45, 7) is 3.91. The van der Waals surface area contributed by atoms with Crippen molar-refractivity contribution in [1.82, 2.24) is 9.88 Å². The van der Waals surface area contributed by atoms with Crippen LogP contribution in [-0.2, 0) is 25.4 Å². The number of hydrogen-bond acceptors (Lipinski definition) is 5. The van der Waals surface area contributed by atoms with Gasteiger partial charge in [0.2, 0.25) is 0 Å². The molecule has 0 saturated carbocycles. The number of rotatable bonds is 5. The summed E-state index contributed by atoms with van der Waals surface area (Å²) < 4.78 is 16.2. The van der Waals surface area contributed by atoms with E-state index >= 15 is 0 Å². The lowest BCUT2D eigenvalue weighted by atomic mass is 9.75. The van der Waals surface area contributed by atoms with Gasteiger partial charge in [-0.2, -0.15) is 0 Å². The van der Waals surface area contributed by atoms with Crippen LogP contribution in [-0.4, -0.2) is 56.6 Å². The van der Waals surface area contributed by atoms with Crippen LogP contribution in [0.1, 0.15) is 30.6 Å². The van der Waals surface area contributed by atoms with E-state index in [1.807, 2.05) is 6.92 Å². The second-order valence-electron chi connectivity index (χ2n) is 7.89. The number of hydrogen-bond donors (Lipinski definition) is 1. The fourth-order valence-electron chi connectivity index (χ4n) is 5.24. The maximum Gasteiger partial charge on any atom is 0.314 e. The molecule has 0 radical (unpaired) electrons. The molecule has 1 N–H and O–H groups in total. The number of nitrogens with zero attached hydrogens (tertiary/aromatic N) is 1. The number of allylic oxidation sites excluding steroid dienone is 1. The van der Waals surface area contributed by atoms with Crippen LogP contribution in [0.3, 0.4) is 0 Å². The number of esters is 1. The minimum atomic E-state index is -0.639. The van der Waals surface area contributed by atoms with Crippen molar-refractivity contribution in [3.8, 4) is 0 Å². The highest BCUT2D eigenvalue weighted by molar-refractivity contribution is 5.85. The Balaban J connectivity index is 1.74. The Labute approximate surface area is 171 Å². The van der Waals surface area contributed by atoms with Crippen molar-refractivity contribution in [3.05, 3.63) is 47.2 Å². The lowest BCUT2D eigenvalue weighted by molar-refractivity contribution is -0.182. The minimum Gasteiger partial charge on any atom is -0.469 e. The molecule has 2 aliphatic rings. The van der Waals surface area contributed by atoms with Crippen molar-refractivity contribution < 1.29 is 19.0 Å². The van der Waals surface area contributed by atoms with Gasteiger partial charge in [-0.15, -0.1) is 0 Å². The quantitative estimate of drug-likeness (QED) is 0.475. The Morgan fingerprint density at radius 3 is 2.69 bits per heavy atom. The maximum atomic E-state index is 12.7. The van der Waals surface area contributed by atoms with E-state index in [2.05, 4.69) is 40.2 Å². The van der Waals surface area contributed by atoms with E-state index in [0.29, 0.717) is 0 Å². The van der Waals surface area contributed by atoms with Gasteiger partial charge in [0.05, 0.1) is 13.2 Å². The fraction of sp³-hybridized carbons (Fsp3) is 0.522. The van der Waals surface area contributed by atoms with Gasteiger partial charge in [0.25, 0.3) is 0 Å². The molecule has 156 valence electrons. The molecule has 2 aliphatic heterocycles. The molecular formula is C23H30N2O4. The summed E-state index contributed by atoms with van der Waals surface area (Å²) >= 11 is 0. The van der Waals surface area contributed by atoms with Gasteiger partial charge >= 0.3 is 5.97 Å². The Kier molecular flexibility index (Phi) is 5.76. The lowest BCUT2D eigenvalue weighted by Gasteiger charge is -2.46. The molecule has 29 heavy (non-hydrogen) atoms. The van der Waals surface area contributed by atoms with E-state index in [4.69, 9.17) is 14.2 Å². The highest BCUT2D eigenvalue weighted by Gasteiger charge is 2.45. The molecule has 6 nitrogen and oxygen atoms in total. The molecule has 0 bridgehead atoms. The van der Waals surface area contributed by atoms with Crippen LogP contribution < -0.4 is 0 Å². The molecule has 0 aliphatic carbocycles. The average Bonchev–Trinajstić information content (AvgIpc) is 3.15. The van der Waals surface area contributed by atoms with Gasteiger partial charge in [0.1, 0.15) is 5.92 Å². The number of aromatic amines is 1. The summed E-state index contributed by atoms with van der Waals surface area (Å²) in [5.74, 6) is -0.793.